The van der Waals surface area contributed by atoms with Crippen LogP contribution in [0, 0.1) is 0 Å². The van der Waals surface area contributed by atoms with Gasteiger partial charge in [0.15, 0.2) is 5.50 Å². The molecule has 0 aromatic heterocycles. The molecule has 1 atom stereocenters. The Labute approximate surface area is 97.3 Å². The van der Waals surface area contributed by atoms with Gasteiger partial charge in [0, 0.05) is 18.0 Å². The average Bonchev–Trinajstić information content (AvgIpc) is 2.32. The molecule has 3 nitrogen and oxygen atoms in total. The zero-order valence-electron chi connectivity index (χ0n) is 8.81. The van der Waals surface area contributed by atoms with Gasteiger partial charge in [0.25, 0.3) is 0 Å². The second-order valence-electron chi connectivity index (χ2n) is 3.85. The van der Waals surface area contributed by atoms with Gasteiger partial charge in [-0.1, -0.05) is 17.8 Å². The predicted octanol–water partition coefficient (Wildman–Crippen LogP) is 2.22. The lowest BCUT2D eigenvalue weighted by atomic mass is 10.1. The van der Waals surface area contributed by atoms with Crippen molar-refractivity contribution in [1.29, 1.82) is 0 Å². The summed E-state index contributed by atoms with van der Waals surface area (Å²) in [5, 5.41) is 8.86. The molecule has 1 aromatic rings. The number of carboxylic acids is 1. The minimum absolute atomic E-state index is 0.211. The zero-order chi connectivity index (χ0) is 11.7. The average molecular weight is 241 g/mol. The number of carboxylic acid groups (broad SMARTS) is 1. The van der Waals surface area contributed by atoms with Crippen molar-refractivity contribution in [2.45, 2.75) is 16.9 Å². The van der Waals surface area contributed by atoms with Crippen molar-refractivity contribution in [2.24, 2.45) is 0 Å². The number of rotatable bonds is 1. The summed E-state index contributed by atoms with van der Waals surface area (Å²) in [5.41, 5.74) is 0.191. The van der Waals surface area contributed by atoms with Crippen molar-refractivity contribution in [3.05, 3.63) is 29.3 Å². The molecule has 0 saturated carbocycles. The van der Waals surface area contributed by atoms with Gasteiger partial charge in [-0.05, 0) is 24.7 Å². The van der Waals surface area contributed by atoms with Crippen LogP contribution in [0.2, 0.25) is 0 Å². The van der Waals surface area contributed by atoms with E-state index in [0.29, 0.717) is 13.1 Å². The summed E-state index contributed by atoms with van der Waals surface area (Å²) >= 11 is 1.10. The molecule has 86 valence electrons. The maximum Gasteiger partial charge on any atom is 0.335 e. The highest BCUT2D eigenvalue weighted by atomic mass is 32.2. The molecule has 5 heteroatoms. The van der Waals surface area contributed by atoms with E-state index in [4.69, 9.17) is 5.11 Å². The lowest BCUT2D eigenvalue weighted by Crippen LogP contribution is -2.22. The van der Waals surface area contributed by atoms with Gasteiger partial charge in [0.05, 0.1) is 5.56 Å². The number of carbonyl (C=O) groups is 1. The van der Waals surface area contributed by atoms with Gasteiger partial charge in [0.2, 0.25) is 0 Å². The van der Waals surface area contributed by atoms with Crippen molar-refractivity contribution in [1.82, 2.24) is 4.90 Å². The topological polar surface area (TPSA) is 40.5 Å². The van der Waals surface area contributed by atoms with Crippen LogP contribution in [0.25, 0.3) is 0 Å². The second kappa shape index (κ2) is 4.43. The Balaban J connectivity index is 2.38. The first-order valence-electron chi connectivity index (χ1n) is 4.92. The molecule has 0 bridgehead atoms. The summed E-state index contributed by atoms with van der Waals surface area (Å²) in [7, 11) is 1.85. The fourth-order valence-electron chi connectivity index (χ4n) is 1.70. The van der Waals surface area contributed by atoms with Gasteiger partial charge in [-0.2, -0.15) is 0 Å². The van der Waals surface area contributed by atoms with E-state index < -0.39 is 11.5 Å². The maximum atomic E-state index is 13.5. The minimum atomic E-state index is -1.00. The van der Waals surface area contributed by atoms with Crippen LogP contribution < -0.4 is 0 Å². The van der Waals surface area contributed by atoms with Crippen LogP contribution in [0.1, 0.15) is 15.9 Å². The fourth-order valence-corrected chi connectivity index (χ4v) is 2.79. The first-order valence-corrected chi connectivity index (χ1v) is 5.79. The maximum absolute atomic E-state index is 13.5. The van der Waals surface area contributed by atoms with Gasteiger partial charge >= 0.3 is 5.97 Å². The predicted molar refractivity (Wildman–Crippen MR) is 60.5 cm³/mol. The van der Waals surface area contributed by atoms with Crippen molar-refractivity contribution in [2.75, 3.05) is 13.6 Å². The fraction of sp³-hybridized carbons (Fsp3) is 0.364. The molecule has 2 rings (SSSR count). The summed E-state index contributed by atoms with van der Waals surface area (Å²) in [6.45, 7) is 1.02. The van der Waals surface area contributed by atoms with E-state index in [2.05, 4.69) is 0 Å². The third-order valence-electron chi connectivity index (χ3n) is 2.46. The highest BCUT2D eigenvalue weighted by Gasteiger charge is 2.20. The Morgan fingerprint density at radius 1 is 1.62 bits per heavy atom. The number of hydrogen-bond donors (Lipinski definition) is 1. The molecule has 0 radical (unpaired) electrons. The number of benzene rings is 1. The van der Waals surface area contributed by atoms with E-state index in [9.17, 15) is 9.18 Å². The van der Waals surface area contributed by atoms with Crippen LogP contribution in [-0.4, -0.2) is 35.1 Å². The van der Waals surface area contributed by atoms with Crippen LogP contribution in [0.3, 0.4) is 0 Å². The second-order valence-corrected chi connectivity index (χ2v) is 5.04. The highest BCUT2D eigenvalue weighted by Crippen LogP contribution is 2.32. The Bertz CT molecular complexity index is 424. The molecule has 0 amide bonds. The van der Waals surface area contributed by atoms with Gasteiger partial charge < -0.3 is 5.11 Å². The summed E-state index contributed by atoms with van der Waals surface area (Å²) in [6, 6.07) is 4.88. The van der Waals surface area contributed by atoms with E-state index in [1.165, 1.54) is 0 Å². The normalized spacial score (nSPS) is 21.2. The quantitative estimate of drug-likeness (QED) is 0.818. The van der Waals surface area contributed by atoms with E-state index in [1.807, 2.05) is 11.9 Å². The van der Waals surface area contributed by atoms with Gasteiger partial charge in [-0.3, -0.25) is 4.90 Å². The number of thioether (sulfide) groups is 1. The molecule has 0 unspecified atom stereocenters. The minimum Gasteiger partial charge on any atom is -0.478 e. The van der Waals surface area contributed by atoms with E-state index >= 15 is 0 Å². The van der Waals surface area contributed by atoms with Crippen molar-refractivity contribution in [3.8, 4) is 0 Å². The van der Waals surface area contributed by atoms with Crippen LogP contribution in [0.4, 0.5) is 4.39 Å². The molecule has 1 aliphatic rings. The van der Waals surface area contributed by atoms with E-state index in [0.717, 1.165) is 22.2 Å². The zero-order valence-corrected chi connectivity index (χ0v) is 9.63. The number of fused-ring (bicyclic) bond motifs is 1. The SMILES string of the molecule is CN1Cc2ccc(C(=O)O)cc2S[C@@H](F)C1. The molecule has 1 heterocycles. The Morgan fingerprint density at radius 3 is 3.06 bits per heavy atom. The third-order valence-corrected chi connectivity index (χ3v) is 3.50. The smallest absolute Gasteiger partial charge is 0.335 e. The molecule has 0 aliphatic carbocycles. The standard InChI is InChI=1S/C11H12FNO2S/c1-13-5-8-3-2-7(11(14)15)4-9(8)16-10(12)6-13/h2-4,10H,5-6H2,1H3,(H,14,15)/t10-/m1/s1. The van der Waals surface area contributed by atoms with Gasteiger partial charge in [0.1, 0.15) is 0 Å². The van der Waals surface area contributed by atoms with Crippen LogP contribution >= 0.6 is 11.8 Å². The van der Waals surface area contributed by atoms with Crippen LogP contribution in [-0.2, 0) is 6.54 Å². The van der Waals surface area contributed by atoms with Crippen molar-refractivity contribution < 1.29 is 14.3 Å². The number of aromatic carboxylic acids is 1. The van der Waals surface area contributed by atoms with Crippen LogP contribution in [0.15, 0.2) is 23.1 Å². The summed E-state index contributed by atoms with van der Waals surface area (Å²) in [4.78, 5) is 13.4. The molecule has 1 aromatic carbocycles. The van der Waals surface area contributed by atoms with Crippen LogP contribution in [0.5, 0.6) is 0 Å². The molecule has 1 aliphatic heterocycles. The van der Waals surface area contributed by atoms with E-state index in [-0.39, 0.29) is 5.56 Å². The molecule has 0 spiro atoms. The monoisotopic (exact) mass is 241 g/mol. The lowest BCUT2D eigenvalue weighted by molar-refractivity contribution is 0.0696. The molecule has 0 fully saturated rings. The van der Waals surface area contributed by atoms with Gasteiger partial charge in [-0.25, -0.2) is 9.18 Å². The number of alkyl halides is 1. The Hall–Kier alpha value is -1.07. The molecule has 1 N–H and O–H groups in total. The largest absolute Gasteiger partial charge is 0.478 e. The van der Waals surface area contributed by atoms with E-state index in [1.54, 1.807) is 18.2 Å². The molecule has 0 saturated heterocycles. The summed E-state index contributed by atoms with van der Waals surface area (Å²) < 4.78 is 13.5. The lowest BCUT2D eigenvalue weighted by Gasteiger charge is -2.13. The number of halogens is 1. The molecular formula is C11H12FNO2S. The Morgan fingerprint density at radius 2 is 2.38 bits per heavy atom. The molecular weight excluding hydrogens is 229 g/mol. The molecule has 16 heavy (non-hydrogen) atoms. The third kappa shape index (κ3) is 2.36. The number of nitrogens with zero attached hydrogens (tertiary/aromatic N) is 1. The summed E-state index contributed by atoms with van der Waals surface area (Å²) in [6.07, 6.45) is 0. The highest BCUT2D eigenvalue weighted by molar-refractivity contribution is 7.99. The Kier molecular flexibility index (Phi) is 3.16. The van der Waals surface area contributed by atoms with Crippen molar-refractivity contribution >= 4 is 17.7 Å². The number of hydrogen-bond acceptors (Lipinski definition) is 3. The van der Waals surface area contributed by atoms with Crippen molar-refractivity contribution in [3.63, 3.8) is 0 Å². The summed E-state index contributed by atoms with van der Waals surface area (Å²) in [5.74, 6) is -0.976. The first-order chi connectivity index (χ1) is 7.56. The first kappa shape index (κ1) is 11.4. The van der Waals surface area contributed by atoms with Gasteiger partial charge in [-0.15, -0.1) is 0 Å².